The summed E-state index contributed by atoms with van der Waals surface area (Å²) in [6.07, 6.45) is 1.66. The van der Waals surface area contributed by atoms with Crippen molar-refractivity contribution in [3.05, 3.63) is 71.5 Å². The highest BCUT2D eigenvalue weighted by Crippen LogP contribution is 2.35. The lowest BCUT2D eigenvalue weighted by atomic mass is 10.2. The van der Waals surface area contributed by atoms with Gasteiger partial charge >= 0.3 is 0 Å². The van der Waals surface area contributed by atoms with Gasteiger partial charge in [0.15, 0.2) is 5.16 Å². The Labute approximate surface area is 186 Å². The van der Waals surface area contributed by atoms with E-state index in [1.54, 1.807) is 28.5 Å². The molecule has 156 valence electrons. The van der Waals surface area contributed by atoms with Crippen LogP contribution < -0.4 is 10.5 Å². The first kappa shape index (κ1) is 19.9. The number of carbonyl (C=O) groups excluding carboxylic acids is 1. The van der Waals surface area contributed by atoms with Gasteiger partial charge in [0.05, 0.1) is 22.3 Å². The summed E-state index contributed by atoms with van der Waals surface area (Å²) in [5.74, 6) is 1.57. The summed E-state index contributed by atoms with van der Waals surface area (Å²) in [4.78, 5) is 28.9. The average Bonchev–Trinajstić information content (AvgIpc) is 3.24. The van der Waals surface area contributed by atoms with Gasteiger partial charge in [0.25, 0.3) is 5.56 Å². The van der Waals surface area contributed by atoms with E-state index in [-0.39, 0.29) is 17.2 Å². The van der Waals surface area contributed by atoms with Gasteiger partial charge < -0.3 is 4.90 Å². The van der Waals surface area contributed by atoms with E-state index in [1.807, 2.05) is 51.8 Å². The molecule has 9 heteroatoms. The van der Waals surface area contributed by atoms with Crippen molar-refractivity contribution in [3.63, 3.8) is 0 Å². The number of hydrogen-bond donors (Lipinski definition) is 0. The van der Waals surface area contributed by atoms with Gasteiger partial charge in [-0.1, -0.05) is 42.1 Å². The molecule has 1 aliphatic heterocycles. The van der Waals surface area contributed by atoms with E-state index >= 15 is 0 Å². The number of thioether (sulfide) groups is 2. The molecule has 1 aliphatic rings. The molecule has 0 atom stereocenters. The summed E-state index contributed by atoms with van der Waals surface area (Å²) in [6.45, 7) is 4.76. The number of hydrogen-bond acceptors (Lipinski definition) is 6. The number of fused-ring (bicyclic) bond motifs is 4. The van der Waals surface area contributed by atoms with Gasteiger partial charge in [0, 0.05) is 23.7 Å². The molecule has 0 spiro atoms. The quantitative estimate of drug-likeness (QED) is 0.343. The van der Waals surface area contributed by atoms with Crippen molar-refractivity contribution < 1.29 is 4.79 Å². The third-order valence-electron chi connectivity index (χ3n) is 5.14. The fraction of sp³-hybridized carbons (Fsp3) is 0.182. The zero-order chi connectivity index (χ0) is 21.4. The van der Waals surface area contributed by atoms with Crippen molar-refractivity contribution in [1.29, 1.82) is 0 Å². The van der Waals surface area contributed by atoms with Crippen LogP contribution in [0.1, 0.15) is 0 Å². The van der Waals surface area contributed by atoms with Crippen LogP contribution in [0.3, 0.4) is 0 Å². The van der Waals surface area contributed by atoms with Gasteiger partial charge in [0.1, 0.15) is 0 Å². The average molecular weight is 450 g/mol. The van der Waals surface area contributed by atoms with E-state index in [2.05, 4.69) is 16.8 Å². The Morgan fingerprint density at radius 3 is 2.84 bits per heavy atom. The zero-order valence-corrected chi connectivity index (χ0v) is 18.2. The second-order valence-corrected chi connectivity index (χ2v) is 9.07. The van der Waals surface area contributed by atoms with Gasteiger partial charge in [0.2, 0.25) is 11.7 Å². The van der Waals surface area contributed by atoms with Crippen LogP contribution in [-0.4, -0.2) is 43.1 Å². The molecular formula is C22H19N5O2S2. The number of allylic oxidation sites excluding steroid dienone is 1. The molecule has 0 radical (unpaired) electrons. The fourth-order valence-corrected chi connectivity index (χ4v) is 5.56. The van der Waals surface area contributed by atoms with Crippen molar-refractivity contribution in [2.24, 2.45) is 0 Å². The van der Waals surface area contributed by atoms with Crippen molar-refractivity contribution in [3.8, 4) is 0 Å². The maximum absolute atomic E-state index is 13.0. The van der Waals surface area contributed by atoms with Gasteiger partial charge in [-0.15, -0.1) is 28.5 Å². The fourth-order valence-electron chi connectivity index (χ4n) is 3.75. The van der Waals surface area contributed by atoms with Crippen LogP contribution in [0.2, 0.25) is 0 Å². The third kappa shape index (κ3) is 3.43. The summed E-state index contributed by atoms with van der Waals surface area (Å²) in [5.41, 5.74) is 1.55. The predicted molar refractivity (Wildman–Crippen MR) is 125 cm³/mol. The predicted octanol–water partition coefficient (Wildman–Crippen LogP) is 3.46. The third-order valence-corrected chi connectivity index (χ3v) is 7.10. The molecule has 3 heterocycles. The molecule has 7 nitrogen and oxygen atoms in total. The van der Waals surface area contributed by atoms with Crippen LogP contribution in [0.5, 0.6) is 0 Å². The van der Waals surface area contributed by atoms with Crippen LogP contribution in [0.25, 0.3) is 16.7 Å². The molecule has 0 aliphatic carbocycles. The van der Waals surface area contributed by atoms with Crippen LogP contribution in [0.15, 0.2) is 76.0 Å². The molecule has 0 N–H and O–H groups in total. The van der Waals surface area contributed by atoms with Gasteiger partial charge in [-0.2, -0.15) is 0 Å². The molecule has 0 saturated heterocycles. The number of para-hydroxylation sites is 2. The number of benzene rings is 2. The van der Waals surface area contributed by atoms with E-state index in [0.717, 1.165) is 21.9 Å². The monoisotopic (exact) mass is 449 g/mol. The van der Waals surface area contributed by atoms with Crippen LogP contribution >= 0.6 is 23.5 Å². The normalized spacial score (nSPS) is 13.5. The highest BCUT2D eigenvalue weighted by atomic mass is 32.2. The molecule has 5 rings (SSSR count). The zero-order valence-electron chi connectivity index (χ0n) is 16.6. The second-order valence-electron chi connectivity index (χ2n) is 6.99. The summed E-state index contributed by atoms with van der Waals surface area (Å²) >= 11 is 3.10. The Hall–Kier alpha value is -3.04. The van der Waals surface area contributed by atoms with Crippen LogP contribution in [0.4, 0.5) is 5.69 Å². The molecular weight excluding hydrogens is 430 g/mol. The van der Waals surface area contributed by atoms with E-state index in [0.29, 0.717) is 29.4 Å². The van der Waals surface area contributed by atoms with Crippen molar-refractivity contribution in [2.45, 2.75) is 16.6 Å². The smallest absolute Gasteiger partial charge is 0.263 e. The summed E-state index contributed by atoms with van der Waals surface area (Å²) in [7, 11) is 0. The molecule has 2 aromatic heterocycles. The van der Waals surface area contributed by atoms with Gasteiger partial charge in [-0.3, -0.25) is 18.6 Å². The molecule has 4 aromatic rings. The minimum Gasteiger partial charge on any atom is -0.310 e. The maximum Gasteiger partial charge on any atom is 0.263 e. The van der Waals surface area contributed by atoms with Gasteiger partial charge in [-0.25, -0.2) is 0 Å². The highest BCUT2D eigenvalue weighted by molar-refractivity contribution is 8.00. The Kier molecular flexibility index (Phi) is 5.29. The van der Waals surface area contributed by atoms with Crippen molar-refractivity contribution >= 4 is 51.8 Å². The Balaban J connectivity index is 1.50. The highest BCUT2D eigenvalue weighted by Gasteiger charge is 2.24. The van der Waals surface area contributed by atoms with E-state index < -0.39 is 0 Å². The number of carbonyl (C=O) groups is 1. The maximum atomic E-state index is 13.0. The lowest BCUT2D eigenvalue weighted by Crippen LogP contribution is -2.36. The van der Waals surface area contributed by atoms with Crippen molar-refractivity contribution in [2.75, 3.05) is 23.0 Å². The first-order valence-electron chi connectivity index (χ1n) is 9.81. The molecule has 0 unspecified atom stereocenters. The minimum absolute atomic E-state index is 0.0261. The lowest BCUT2D eigenvalue weighted by Gasteiger charge is -2.28. The lowest BCUT2D eigenvalue weighted by molar-refractivity contribution is -0.116. The second kappa shape index (κ2) is 8.24. The first-order valence-corrected chi connectivity index (χ1v) is 11.8. The molecule has 2 aromatic carbocycles. The molecule has 31 heavy (non-hydrogen) atoms. The number of aromatic nitrogens is 4. The first-order chi connectivity index (χ1) is 15.2. The molecule has 0 bridgehead atoms. The number of anilines is 1. The Morgan fingerprint density at radius 2 is 1.97 bits per heavy atom. The Morgan fingerprint density at radius 1 is 1.16 bits per heavy atom. The largest absolute Gasteiger partial charge is 0.310 e. The van der Waals surface area contributed by atoms with Crippen molar-refractivity contribution in [1.82, 2.24) is 19.2 Å². The van der Waals surface area contributed by atoms with E-state index in [9.17, 15) is 9.59 Å². The Bertz CT molecular complexity index is 1380. The van der Waals surface area contributed by atoms with E-state index in [1.165, 1.54) is 11.8 Å². The summed E-state index contributed by atoms with van der Waals surface area (Å²) in [5, 5.41) is 9.71. The molecule has 0 saturated carbocycles. The number of nitrogens with zero attached hydrogens (tertiary/aromatic N) is 5. The summed E-state index contributed by atoms with van der Waals surface area (Å²) in [6, 6.07) is 15.3. The number of rotatable bonds is 5. The SMILES string of the molecule is C=CCn1c(=O)c2ccccc2n2c(SCC(=O)N3CCSc4ccccc43)nnc12. The molecule has 0 fully saturated rings. The minimum atomic E-state index is -0.134. The summed E-state index contributed by atoms with van der Waals surface area (Å²) < 4.78 is 3.39. The molecule has 1 amide bonds. The van der Waals surface area contributed by atoms with Crippen LogP contribution in [-0.2, 0) is 11.3 Å². The van der Waals surface area contributed by atoms with Crippen LogP contribution in [0, 0.1) is 0 Å². The van der Waals surface area contributed by atoms with E-state index in [4.69, 9.17) is 0 Å². The number of amides is 1. The standard InChI is InChI=1S/C22H19N5O2S2/c1-2-11-26-20(29)15-7-3-4-8-16(15)27-21(26)23-24-22(27)31-14-19(28)25-12-13-30-18-10-6-5-9-17(18)25/h2-10H,1,11-14H2. The van der Waals surface area contributed by atoms with Gasteiger partial charge in [-0.05, 0) is 24.3 Å². The topological polar surface area (TPSA) is 72.5 Å².